The van der Waals surface area contributed by atoms with Crippen molar-refractivity contribution in [2.75, 3.05) is 0 Å². The lowest BCUT2D eigenvalue weighted by molar-refractivity contribution is 0.0891. The lowest BCUT2D eigenvalue weighted by Crippen LogP contribution is -2.22. The van der Waals surface area contributed by atoms with Crippen LogP contribution in [0.25, 0.3) is 0 Å². The number of hydrogen-bond acceptors (Lipinski definition) is 2. The Balaban J connectivity index is 2.17. The van der Waals surface area contributed by atoms with Crippen LogP contribution >= 0.6 is 11.6 Å². The number of aliphatic hydroxyl groups excluding tert-OH is 1. The molecule has 3 heteroatoms. The van der Waals surface area contributed by atoms with Crippen LogP contribution in [-0.2, 0) is 0 Å². The van der Waals surface area contributed by atoms with Gasteiger partial charge in [-0.1, -0.05) is 60.7 Å². The van der Waals surface area contributed by atoms with E-state index in [-0.39, 0.29) is 5.78 Å². The van der Waals surface area contributed by atoms with Gasteiger partial charge in [0.15, 0.2) is 5.78 Å². The molecule has 0 unspecified atom stereocenters. The van der Waals surface area contributed by atoms with Crippen LogP contribution in [-0.4, -0.2) is 16.3 Å². The zero-order valence-electron chi connectivity index (χ0n) is 9.66. The second-order valence-electron chi connectivity index (χ2n) is 3.99. The molecule has 18 heavy (non-hydrogen) atoms. The number of ketones is 1. The van der Waals surface area contributed by atoms with Gasteiger partial charge in [-0.15, -0.1) is 11.6 Å². The van der Waals surface area contributed by atoms with Crippen LogP contribution in [0.5, 0.6) is 0 Å². The summed E-state index contributed by atoms with van der Waals surface area (Å²) in [5, 5.41) is 9.09. The lowest BCUT2D eigenvalue weighted by Gasteiger charge is -2.16. The van der Waals surface area contributed by atoms with E-state index in [9.17, 15) is 9.90 Å². The van der Waals surface area contributed by atoms with Gasteiger partial charge in [-0.3, -0.25) is 4.79 Å². The Morgan fingerprint density at radius 3 is 2.00 bits per heavy atom. The molecule has 2 aromatic rings. The zero-order valence-corrected chi connectivity index (χ0v) is 10.4. The van der Waals surface area contributed by atoms with Crippen molar-refractivity contribution in [3.05, 3.63) is 71.8 Å². The first kappa shape index (κ1) is 12.8. The quantitative estimate of drug-likeness (QED) is 0.677. The summed E-state index contributed by atoms with van der Waals surface area (Å²) in [6.07, 6.45) is -0.999. The highest BCUT2D eigenvalue weighted by Gasteiger charge is 2.26. The van der Waals surface area contributed by atoms with Crippen LogP contribution in [0, 0.1) is 0 Å². The summed E-state index contributed by atoms with van der Waals surface area (Å²) in [4.78, 5) is 12.1. The molecule has 0 fully saturated rings. The third kappa shape index (κ3) is 2.78. The van der Waals surface area contributed by atoms with Gasteiger partial charge in [0.25, 0.3) is 0 Å². The molecule has 0 aliphatic rings. The van der Waals surface area contributed by atoms with Gasteiger partial charge in [0, 0.05) is 5.56 Å². The molecule has 0 saturated heterocycles. The summed E-state index contributed by atoms with van der Waals surface area (Å²) < 4.78 is 0. The van der Waals surface area contributed by atoms with E-state index in [1.165, 1.54) is 0 Å². The SMILES string of the molecule is O=C(c1ccccc1)[C@@H](Cl)[C@H](O)c1ccccc1. The second-order valence-corrected chi connectivity index (χ2v) is 4.46. The number of rotatable bonds is 4. The Morgan fingerprint density at radius 1 is 0.944 bits per heavy atom. The first-order chi connectivity index (χ1) is 8.70. The van der Waals surface area contributed by atoms with Crippen molar-refractivity contribution < 1.29 is 9.90 Å². The molecule has 0 saturated carbocycles. The van der Waals surface area contributed by atoms with E-state index in [4.69, 9.17) is 11.6 Å². The number of halogens is 1. The van der Waals surface area contributed by atoms with E-state index < -0.39 is 11.5 Å². The number of hydrogen-bond donors (Lipinski definition) is 1. The van der Waals surface area contributed by atoms with Crippen molar-refractivity contribution in [2.45, 2.75) is 11.5 Å². The summed E-state index contributed by atoms with van der Waals surface area (Å²) >= 11 is 6.05. The van der Waals surface area contributed by atoms with E-state index in [0.717, 1.165) is 0 Å². The fourth-order valence-corrected chi connectivity index (χ4v) is 2.00. The number of carbonyl (C=O) groups is 1. The van der Waals surface area contributed by atoms with E-state index >= 15 is 0 Å². The van der Waals surface area contributed by atoms with Gasteiger partial charge in [-0.25, -0.2) is 0 Å². The van der Waals surface area contributed by atoms with Gasteiger partial charge < -0.3 is 5.11 Å². The van der Waals surface area contributed by atoms with Crippen LogP contribution in [0.2, 0.25) is 0 Å². The number of carbonyl (C=O) groups excluding carboxylic acids is 1. The van der Waals surface area contributed by atoms with Gasteiger partial charge in [0.05, 0.1) is 0 Å². The van der Waals surface area contributed by atoms with Gasteiger partial charge in [-0.2, -0.15) is 0 Å². The molecule has 0 aliphatic heterocycles. The monoisotopic (exact) mass is 260 g/mol. The molecule has 1 N–H and O–H groups in total. The molecule has 2 rings (SSSR count). The molecule has 0 aliphatic carbocycles. The minimum absolute atomic E-state index is 0.270. The maximum Gasteiger partial charge on any atom is 0.183 e. The maximum atomic E-state index is 12.1. The van der Waals surface area contributed by atoms with Crippen LogP contribution < -0.4 is 0 Å². The van der Waals surface area contributed by atoms with E-state index in [0.29, 0.717) is 11.1 Å². The Morgan fingerprint density at radius 2 is 1.44 bits per heavy atom. The molecule has 0 amide bonds. The summed E-state index contributed by atoms with van der Waals surface area (Å²) in [5.41, 5.74) is 1.15. The summed E-state index contributed by atoms with van der Waals surface area (Å²) in [5.74, 6) is -0.270. The van der Waals surface area contributed by atoms with Crippen LogP contribution in [0.15, 0.2) is 60.7 Å². The third-order valence-electron chi connectivity index (χ3n) is 2.73. The highest BCUT2D eigenvalue weighted by Crippen LogP contribution is 2.23. The third-order valence-corrected chi connectivity index (χ3v) is 3.16. The van der Waals surface area contributed by atoms with E-state index in [1.807, 2.05) is 12.1 Å². The Kier molecular flexibility index (Phi) is 4.13. The molecular weight excluding hydrogens is 248 g/mol. The highest BCUT2D eigenvalue weighted by molar-refractivity contribution is 6.34. The number of Topliss-reactive ketones (excluding diaryl/α,β-unsaturated/α-hetero) is 1. The summed E-state index contributed by atoms with van der Waals surface area (Å²) in [7, 11) is 0. The van der Waals surface area contributed by atoms with E-state index in [2.05, 4.69) is 0 Å². The van der Waals surface area contributed by atoms with Crippen molar-refractivity contribution in [2.24, 2.45) is 0 Å². The molecule has 2 aromatic carbocycles. The van der Waals surface area contributed by atoms with Crippen molar-refractivity contribution in [3.63, 3.8) is 0 Å². The Hall–Kier alpha value is -1.64. The minimum Gasteiger partial charge on any atom is -0.386 e. The molecule has 0 aromatic heterocycles. The topological polar surface area (TPSA) is 37.3 Å². The first-order valence-electron chi connectivity index (χ1n) is 5.66. The maximum absolute atomic E-state index is 12.1. The van der Waals surface area contributed by atoms with Crippen LogP contribution in [0.4, 0.5) is 0 Å². The van der Waals surface area contributed by atoms with Crippen molar-refractivity contribution in [1.29, 1.82) is 0 Å². The van der Waals surface area contributed by atoms with Gasteiger partial charge in [0.2, 0.25) is 0 Å². The summed E-state index contributed by atoms with van der Waals surface area (Å²) in [6.45, 7) is 0. The average Bonchev–Trinajstić information content (AvgIpc) is 2.47. The fourth-order valence-electron chi connectivity index (χ4n) is 1.72. The normalized spacial score (nSPS) is 13.9. The lowest BCUT2D eigenvalue weighted by atomic mass is 10.00. The average molecular weight is 261 g/mol. The van der Waals surface area contributed by atoms with Gasteiger partial charge in [-0.05, 0) is 5.56 Å². The molecule has 0 radical (unpaired) electrons. The Labute approximate surface area is 111 Å². The molecule has 2 atom stereocenters. The van der Waals surface area contributed by atoms with Crippen LogP contribution in [0.3, 0.4) is 0 Å². The largest absolute Gasteiger partial charge is 0.386 e. The fraction of sp³-hybridized carbons (Fsp3) is 0.133. The molecule has 2 nitrogen and oxygen atoms in total. The predicted octanol–water partition coefficient (Wildman–Crippen LogP) is 3.21. The first-order valence-corrected chi connectivity index (χ1v) is 6.10. The minimum atomic E-state index is -0.999. The van der Waals surface area contributed by atoms with Crippen molar-refractivity contribution in [1.82, 2.24) is 0 Å². The predicted molar refractivity (Wildman–Crippen MR) is 71.8 cm³/mol. The number of aliphatic hydroxyl groups is 1. The number of alkyl halides is 1. The Bertz CT molecular complexity index is 511. The molecule has 0 spiro atoms. The highest BCUT2D eigenvalue weighted by atomic mass is 35.5. The summed E-state index contributed by atoms with van der Waals surface area (Å²) in [6, 6.07) is 17.7. The zero-order chi connectivity index (χ0) is 13.0. The molecule has 0 heterocycles. The second kappa shape index (κ2) is 5.80. The van der Waals surface area contributed by atoms with E-state index in [1.54, 1.807) is 48.5 Å². The van der Waals surface area contributed by atoms with Crippen LogP contribution in [0.1, 0.15) is 22.0 Å². The molecule has 92 valence electrons. The smallest absolute Gasteiger partial charge is 0.183 e. The molecular formula is C15H13ClO2. The van der Waals surface area contributed by atoms with Crippen molar-refractivity contribution >= 4 is 17.4 Å². The van der Waals surface area contributed by atoms with Crippen molar-refractivity contribution in [3.8, 4) is 0 Å². The molecule has 0 bridgehead atoms. The number of benzene rings is 2. The standard InChI is InChI=1S/C15H13ClO2/c16-13(14(17)11-7-3-1-4-8-11)15(18)12-9-5-2-6-10-12/h1-10,13-14,17H/t13-,14+/m0/s1. The van der Waals surface area contributed by atoms with Gasteiger partial charge in [0.1, 0.15) is 11.5 Å². The van der Waals surface area contributed by atoms with Gasteiger partial charge >= 0.3 is 0 Å².